The van der Waals surface area contributed by atoms with Crippen molar-refractivity contribution in [3.8, 4) is 5.75 Å². The summed E-state index contributed by atoms with van der Waals surface area (Å²) in [5, 5.41) is 2.91. The maximum atomic E-state index is 13.2. The molecule has 178 valence electrons. The van der Waals surface area contributed by atoms with E-state index in [1.165, 1.54) is 4.31 Å². The minimum Gasteiger partial charge on any atom is -0.481 e. The van der Waals surface area contributed by atoms with Crippen LogP contribution in [0.1, 0.15) is 19.8 Å². The van der Waals surface area contributed by atoms with Crippen LogP contribution in [0.3, 0.4) is 0 Å². The summed E-state index contributed by atoms with van der Waals surface area (Å²) in [5.41, 5.74) is 1.29. The normalized spacial score (nSPS) is 18.2. The smallest absolute Gasteiger partial charge is 0.265 e. The van der Waals surface area contributed by atoms with Gasteiger partial charge in [-0.2, -0.15) is 4.31 Å². The third kappa shape index (κ3) is 5.68. The molecule has 0 aliphatic carbocycles. The number of sulfonamides is 1. The predicted octanol–water partition coefficient (Wildman–Crippen LogP) is 3.48. The number of hydrogen-bond acceptors (Lipinski definition) is 6. The van der Waals surface area contributed by atoms with E-state index >= 15 is 0 Å². The van der Waals surface area contributed by atoms with Gasteiger partial charge in [0.15, 0.2) is 6.10 Å². The second kappa shape index (κ2) is 10.4. The molecule has 2 aromatic carbocycles. The third-order valence-electron chi connectivity index (χ3n) is 5.78. The molecule has 0 spiro atoms. The van der Waals surface area contributed by atoms with Crippen LogP contribution in [0, 0.1) is 0 Å². The van der Waals surface area contributed by atoms with Gasteiger partial charge in [0, 0.05) is 30.7 Å². The Hall–Kier alpha value is -2.14. The van der Waals surface area contributed by atoms with Crippen LogP contribution >= 0.6 is 15.9 Å². The summed E-state index contributed by atoms with van der Waals surface area (Å²) < 4.78 is 39.8. The van der Waals surface area contributed by atoms with Gasteiger partial charge in [0.1, 0.15) is 5.75 Å². The molecule has 0 aromatic heterocycles. The molecule has 0 saturated carbocycles. The molecular weight excluding hydrogens is 510 g/mol. The number of hydrogen-bond donors (Lipinski definition) is 1. The first-order valence-electron chi connectivity index (χ1n) is 11.0. The molecule has 1 amide bonds. The second-order valence-corrected chi connectivity index (χ2v) is 10.9. The van der Waals surface area contributed by atoms with E-state index in [2.05, 4.69) is 26.1 Å². The Labute approximate surface area is 203 Å². The van der Waals surface area contributed by atoms with Gasteiger partial charge in [-0.25, -0.2) is 8.42 Å². The largest absolute Gasteiger partial charge is 0.481 e. The van der Waals surface area contributed by atoms with Gasteiger partial charge in [-0.1, -0.05) is 15.9 Å². The van der Waals surface area contributed by atoms with E-state index in [0.29, 0.717) is 37.7 Å². The predicted molar refractivity (Wildman–Crippen MR) is 130 cm³/mol. The van der Waals surface area contributed by atoms with E-state index in [-0.39, 0.29) is 10.8 Å². The average Bonchev–Trinajstić information content (AvgIpc) is 3.36. The number of amides is 1. The Morgan fingerprint density at radius 3 is 2.39 bits per heavy atom. The number of carbonyl (C=O) groups excluding carboxylic acids is 1. The highest BCUT2D eigenvalue weighted by Gasteiger charge is 2.28. The topological polar surface area (TPSA) is 88.2 Å². The lowest BCUT2D eigenvalue weighted by atomic mass is 10.2. The molecule has 8 nitrogen and oxygen atoms in total. The van der Waals surface area contributed by atoms with E-state index in [0.717, 1.165) is 36.1 Å². The van der Waals surface area contributed by atoms with E-state index in [1.54, 1.807) is 37.3 Å². The van der Waals surface area contributed by atoms with Crippen LogP contribution in [0.15, 0.2) is 51.8 Å². The number of anilines is 2. The number of rotatable bonds is 7. The van der Waals surface area contributed by atoms with Gasteiger partial charge >= 0.3 is 0 Å². The summed E-state index contributed by atoms with van der Waals surface area (Å²) in [5.74, 6) is 0.226. The number of halogens is 1. The number of carbonyl (C=O) groups is 1. The molecule has 0 bridgehead atoms. The van der Waals surface area contributed by atoms with E-state index < -0.39 is 16.1 Å². The minimum atomic E-state index is -3.69. The van der Waals surface area contributed by atoms with E-state index in [1.807, 2.05) is 12.1 Å². The average molecular weight is 538 g/mol. The summed E-state index contributed by atoms with van der Waals surface area (Å²) in [6, 6.07) is 12.2. The Morgan fingerprint density at radius 2 is 1.73 bits per heavy atom. The highest BCUT2D eigenvalue weighted by atomic mass is 79.9. The lowest BCUT2D eigenvalue weighted by Gasteiger charge is -2.27. The third-order valence-corrected chi connectivity index (χ3v) is 8.20. The van der Waals surface area contributed by atoms with Crippen LogP contribution in [0.4, 0.5) is 11.4 Å². The highest BCUT2D eigenvalue weighted by molar-refractivity contribution is 9.10. The fraction of sp³-hybridized carbons (Fsp3) is 0.435. The summed E-state index contributed by atoms with van der Waals surface area (Å²) in [6.07, 6.45) is 1.35. The highest BCUT2D eigenvalue weighted by Crippen LogP contribution is 2.33. The molecule has 2 fully saturated rings. The van der Waals surface area contributed by atoms with Gasteiger partial charge in [-0.3, -0.25) is 4.79 Å². The molecule has 1 atom stereocenters. The lowest BCUT2D eigenvalue weighted by molar-refractivity contribution is -0.122. The van der Waals surface area contributed by atoms with Gasteiger partial charge in [0.2, 0.25) is 10.0 Å². The van der Waals surface area contributed by atoms with Crippen molar-refractivity contribution in [1.29, 1.82) is 0 Å². The second-order valence-electron chi connectivity index (χ2n) is 8.09. The monoisotopic (exact) mass is 537 g/mol. The molecule has 2 aromatic rings. The maximum Gasteiger partial charge on any atom is 0.265 e. The van der Waals surface area contributed by atoms with Gasteiger partial charge in [-0.05, 0) is 62.2 Å². The fourth-order valence-corrected chi connectivity index (χ4v) is 5.65. The molecule has 2 saturated heterocycles. The minimum absolute atomic E-state index is 0.157. The van der Waals surface area contributed by atoms with Gasteiger partial charge < -0.3 is 19.7 Å². The zero-order chi connectivity index (χ0) is 23.4. The van der Waals surface area contributed by atoms with Gasteiger partial charge in [-0.15, -0.1) is 0 Å². The van der Waals surface area contributed by atoms with Crippen LogP contribution in [0.2, 0.25) is 0 Å². The molecule has 10 heteroatoms. The van der Waals surface area contributed by atoms with Crippen molar-refractivity contribution in [1.82, 2.24) is 4.31 Å². The summed E-state index contributed by atoms with van der Waals surface area (Å²) in [4.78, 5) is 15.3. The van der Waals surface area contributed by atoms with Crippen LogP contribution < -0.4 is 15.0 Å². The fourth-order valence-electron chi connectivity index (χ4n) is 3.95. The van der Waals surface area contributed by atoms with E-state index in [4.69, 9.17) is 9.47 Å². The molecular formula is C23H28BrN3O5S. The van der Waals surface area contributed by atoms with Crippen molar-refractivity contribution < 1.29 is 22.7 Å². The van der Waals surface area contributed by atoms with Crippen LogP contribution in [0.5, 0.6) is 5.75 Å². The summed E-state index contributed by atoms with van der Waals surface area (Å²) in [7, 11) is -3.69. The molecule has 4 rings (SSSR count). The molecule has 0 radical (unpaired) electrons. The quantitative estimate of drug-likeness (QED) is 0.581. The Morgan fingerprint density at radius 1 is 1.06 bits per heavy atom. The van der Waals surface area contributed by atoms with Crippen LogP contribution in [-0.4, -0.2) is 64.1 Å². The molecule has 2 aliphatic heterocycles. The van der Waals surface area contributed by atoms with Crippen molar-refractivity contribution in [3.05, 3.63) is 46.9 Å². The Kier molecular flexibility index (Phi) is 7.58. The summed E-state index contributed by atoms with van der Waals surface area (Å²) >= 11 is 3.38. The SMILES string of the molecule is CC(Oc1ccc(Br)cc1)C(=O)Nc1cc(S(=O)(=O)N2CCOCC2)ccc1N1CCCC1. The first kappa shape index (κ1) is 24.0. The first-order valence-corrected chi connectivity index (χ1v) is 13.3. The molecule has 2 heterocycles. The zero-order valence-corrected chi connectivity index (χ0v) is 20.9. The molecule has 2 aliphatic rings. The van der Waals surface area contributed by atoms with Crippen molar-refractivity contribution in [3.63, 3.8) is 0 Å². The van der Waals surface area contributed by atoms with Crippen molar-refractivity contribution >= 4 is 43.2 Å². The number of benzene rings is 2. The Balaban J connectivity index is 1.58. The summed E-state index contributed by atoms with van der Waals surface area (Å²) in [6.45, 7) is 4.78. The molecule has 33 heavy (non-hydrogen) atoms. The van der Waals surface area contributed by atoms with Gasteiger partial charge in [0.05, 0.1) is 29.5 Å². The zero-order valence-electron chi connectivity index (χ0n) is 18.5. The van der Waals surface area contributed by atoms with Gasteiger partial charge in [0.25, 0.3) is 5.91 Å². The van der Waals surface area contributed by atoms with Crippen molar-refractivity contribution in [2.45, 2.75) is 30.8 Å². The molecule has 1 N–H and O–H groups in total. The maximum absolute atomic E-state index is 13.2. The van der Waals surface area contributed by atoms with E-state index in [9.17, 15) is 13.2 Å². The molecule has 1 unspecified atom stereocenters. The number of nitrogens with one attached hydrogen (secondary N) is 1. The van der Waals surface area contributed by atoms with Crippen molar-refractivity contribution in [2.75, 3.05) is 49.6 Å². The van der Waals surface area contributed by atoms with Crippen LogP contribution in [-0.2, 0) is 19.6 Å². The number of morpholine rings is 1. The van der Waals surface area contributed by atoms with Crippen molar-refractivity contribution in [2.24, 2.45) is 0 Å². The number of nitrogens with zero attached hydrogens (tertiary/aromatic N) is 2. The lowest BCUT2D eigenvalue weighted by Crippen LogP contribution is -2.40. The van der Waals surface area contributed by atoms with Crippen LogP contribution in [0.25, 0.3) is 0 Å². The Bertz CT molecular complexity index is 1080. The standard InChI is InChI=1S/C23H28BrN3O5S/c1-17(32-19-6-4-18(24)5-7-19)23(28)25-21-16-20(8-9-22(21)26-10-2-3-11-26)33(29,30)27-12-14-31-15-13-27/h4-9,16-17H,2-3,10-15H2,1H3,(H,25,28). The first-order chi connectivity index (χ1) is 15.8. The number of ether oxygens (including phenoxy) is 2.